The second-order valence-electron chi connectivity index (χ2n) is 9.14. The Morgan fingerprint density at radius 3 is 2.45 bits per heavy atom. The molecule has 1 aliphatic carbocycles. The second kappa shape index (κ2) is 9.02. The SMILES string of the molecule is COc1ncc(-c2cc([C@H]3C[C@@H]3c3cc4c(cn3)nc(C(F)(F)F)n4CC(F)(F)F)c3nccn3n2)c(OC)n1. The van der Waals surface area contributed by atoms with E-state index in [1.165, 1.54) is 26.5 Å². The van der Waals surface area contributed by atoms with E-state index in [9.17, 15) is 26.3 Å². The summed E-state index contributed by atoms with van der Waals surface area (Å²) in [6, 6.07) is 3.14. The Morgan fingerprint density at radius 1 is 0.950 bits per heavy atom. The van der Waals surface area contributed by atoms with E-state index in [1.807, 2.05) is 0 Å². The van der Waals surface area contributed by atoms with Crippen molar-refractivity contribution in [1.29, 1.82) is 0 Å². The maximum Gasteiger partial charge on any atom is 0.449 e. The van der Waals surface area contributed by atoms with Crippen LogP contribution >= 0.6 is 0 Å². The largest absolute Gasteiger partial charge is 0.480 e. The number of rotatable bonds is 6. The normalized spacial score (nSPS) is 17.5. The van der Waals surface area contributed by atoms with E-state index in [-0.39, 0.29) is 39.3 Å². The molecule has 0 unspecified atom stereocenters. The van der Waals surface area contributed by atoms with Gasteiger partial charge in [0, 0.05) is 35.8 Å². The highest BCUT2D eigenvalue weighted by Gasteiger charge is 2.44. The first kappa shape index (κ1) is 25.8. The molecule has 2 atom stereocenters. The van der Waals surface area contributed by atoms with Gasteiger partial charge in [-0.15, -0.1) is 0 Å². The van der Waals surface area contributed by atoms with Crippen molar-refractivity contribution in [3.8, 4) is 23.1 Å². The summed E-state index contributed by atoms with van der Waals surface area (Å²) in [7, 11) is 2.86. The molecule has 5 aromatic heterocycles. The number of aromatic nitrogens is 8. The maximum absolute atomic E-state index is 13.5. The van der Waals surface area contributed by atoms with Crippen LogP contribution in [0, 0.1) is 0 Å². The van der Waals surface area contributed by atoms with Crippen LogP contribution in [0.1, 0.15) is 35.3 Å². The first-order valence-electron chi connectivity index (χ1n) is 11.8. The van der Waals surface area contributed by atoms with Gasteiger partial charge in [-0.3, -0.25) is 4.98 Å². The summed E-state index contributed by atoms with van der Waals surface area (Å²) in [4.78, 5) is 20.3. The molecular weight excluding hydrogens is 546 g/mol. The number of imidazole rings is 2. The van der Waals surface area contributed by atoms with Crippen molar-refractivity contribution >= 4 is 16.7 Å². The number of nitrogens with zero attached hydrogens (tertiary/aromatic N) is 8. The van der Waals surface area contributed by atoms with Gasteiger partial charge in [-0.05, 0) is 24.5 Å². The lowest BCUT2D eigenvalue weighted by Crippen LogP contribution is -2.23. The zero-order valence-electron chi connectivity index (χ0n) is 20.7. The van der Waals surface area contributed by atoms with Crippen molar-refractivity contribution in [2.75, 3.05) is 14.2 Å². The van der Waals surface area contributed by atoms with Crippen molar-refractivity contribution in [3.05, 3.63) is 54.0 Å². The highest BCUT2D eigenvalue weighted by Crippen LogP contribution is 2.55. The van der Waals surface area contributed by atoms with E-state index >= 15 is 0 Å². The van der Waals surface area contributed by atoms with E-state index in [0.29, 0.717) is 29.0 Å². The Morgan fingerprint density at radius 2 is 1.75 bits per heavy atom. The summed E-state index contributed by atoms with van der Waals surface area (Å²) in [6.07, 6.45) is -3.63. The molecule has 0 spiro atoms. The van der Waals surface area contributed by atoms with E-state index in [1.54, 1.807) is 23.0 Å². The van der Waals surface area contributed by atoms with Crippen LogP contribution in [0.4, 0.5) is 26.3 Å². The molecular formula is C24H18F6N8O2. The van der Waals surface area contributed by atoms with Crippen LogP contribution in [0.25, 0.3) is 27.9 Å². The van der Waals surface area contributed by atoms with Gasteiger partial charge >= 0.3 is 18.4 Å². The fourth-order valence-electron chi connectivity index (χ4n) is 4.79. The van der Waals surface area contributed by atoms with Crippen molar-refractivity contribution in [3.63, 3.8) is 0 Å². The number of alkyl halides is 6. The standard InChI is InChI=1S/C24H18F6N8O2/c1-39-20-14(8-33-22(35-20)40-2)16-6-13(19-31-3-4-38(19)36-16)11-5-12(11)15-7-18-17(9-32-15)34-21(24(28,29)30)37(18)10-23(25,26)27/h3-4,6-9,11-12H,5,10H2,1-2H3/t11-,12-/m0/s1. The number of methoxy groups -OCH3 is 2. The lowest BCUT2D eigenvalue weighted by Gasteiger charge is -2.13. The number of fused-ring (bicyclic) bond motifs is 2. The van der Waals surface area contributed by atoms with Crippen LogP contribution in [-0.2, 0) is 12.7 Å². The van der Waals surface area contributed by atoms with E-state index < -0.39 is 24.7 Å². The molecule has 0 radical (unpaired) electrons. The molecule has 0 amide bonds. The molecule has 1 saturated carbocycles. The van der Waals surface area contributed by atoms with Crippen molar-refractivity contribution < 1.29 is 35.8 Å². The highest BCUT2D eigenvalue weighted by molar-refractivity contribution is 5.76. The molecule has 16 heteroatoms. The Bertz CT molecular complexity index is 1750. The number of pyridine rings is 1. The molecule has 0 saturated heterocycles. The number of halogens is 6. The van der Waals surface area contributed by atoms with Gasteiger partial charge in [0.15, 0.2) is 5.65 Å². The molecule has 1 fully saturated rings. The molecule has 0 bridgehead atoms. The molecule has 1 aliphatic rings. The third-order valence-corrected chi connectivity index (χ3v) is 6.59. The number of ether oxygens (including phenoxy) is 2. The molecule has 0 N–H and O–H groups in total. The predicted octanol–water partition coefficient (Wildman–Crippen LogP) is 4.80. The minimum Gasteiger partial charge on any atom is -0.480 e. The summed E-state index contributed by atoms with van der Waals surface area (Å²) < 4.78 is 92.2. The predicted molar refractivity (Wildman–Crippen MR) is 126 cm³/mol. The van der Waals surface area contributed by atoms with Crippen molar-refractivity contribution in [2.24, 2.45) is 0 Å². The fourth-order valence-corrected chi connectivity index (χ4v) is 4.79. The highest BCUT2D eigenvalue weighted by atomic mass is 19.4. The van der Waals surface area contributed by atoms with Crippen LogP contribution < -0.4 is 9.47 Å². The molecule has 0 aromatic carbocycles. The summed E-state index contributed by atoms with van der Waals surface area (Å²) >= 11 is 0. The van der Waals surface area contributed by atoms with Crippen LogP contribution in [0.15, 0.2) is 36.9 Å². The van der Waals surface area contributed by atoms with Gasteiger partial charge in [0.05, 0.1) is 37.2 Å². The van der Waals surface area contributed by atoms with Crippen molar-refractivity contribution in [2.45, 2.75) is 37.2 Å². The van der Waals surface area contributed by atoms with Gasteiger partial charge in [0.2, 0.25) is 11.7 Å². The Labute approximate surface area is 220 Å². The molecule has 0 aliphatic heterocycles. The number of hydrogen-bond acceptors (Lipinski definition) is 8. The van der Waals surface area contributed by atoms with Gasteiger partial charge in [0.25, 0.3) is 0 Å². The zero-order chi connectivity index (χ0) is 28.4. The third-order valence-electron chi connectivity index (χ3n) is 6.59. The quantitative estimate of drug-likeness (QED) is 0.271. The second-order valence-corrected chi connectivity index (χ2v) is 9.14. The maximum atomic E-state index is 13.5. The van der Waals surface area contributed by atoms with Crippen LogP contribution in [0.5, 0.6) is 11.9 Å². The average Bonchev–Trinajstić information content (AvgIpc) is 3.41. The zero-order valence-corrected chi connectivity index (χ0v) is 20.7. The Hall–Kier alpha value is -4.50. The van der Waals surface area contributed by atoms with Gasteiger partial charge in [0.1, 0.15) is 12.1 Å². The van der Waals surface area contributed by atoms with Crippen LogP contribution in [0.3, 0.4) is 0 Å². The Balaban J connectivity index is 1.40. The van der Waals surface area contributed by atoms with Gasteiger partial charge < -0.3 is 14.0 Å². The lowest BCUT2D eigenvalue weighted by molar-refractivity contribution is -0.160. The van der Waals surface area contributed by atoms with Gasteiger partial charge in [-0.1, -0.05) is 0 Å². The smallest absolute Gasteiger partial charge is 0.449 e. The molecule has 10 nitrogen and oxygen atoms in total. The third kappa shape index (κ3) is 4.52. The van der Waals surface area contributed by atoms with Gasteiger partial charge in [-0.25, -0.2) is 19.5 Å². The van der Waals surface area contributed by atoms with Crippen LogP contribution in [0.2, 0.25) is 0 Å². The molecule has 6 rings (SSSR count). The molecule has 5 heterocycles. The summed E-state index contributed by atoms with van der Waals surface area (Å²) in [5.74, 6) is -1.86. The lowest BCUT2D eigenvalue weighted by atomic mass is 10.1. The average molecular weight is 564 g/mol. The summed E-state index contributed by atoms with van der Waals surface area (Å²) in [5.41, 5.74) is 2.04. The van der Waals surface area contributed by atoms with E-state index in [2.05, 4.69) is 30.0 Å². The first-order chi connectivity index (χ1) is 19.0. The number of hydrogen-bond donors (Lipinski definition) is 0. The molecule has 40 heavy (non-hydrogen) atoms. The van der Waals surface area contributed by atoms with Crippen molar-refractivity contribution in [1.82, 2.24) is 39.1 Å². The van der Waals surface area contributed by atoms with E-state index in [0.717, 1.165) is 11.8 Å². The minimum atomic E-state index is -5.07. The molecule has 5 aromatic rings. The minimum absolute atomic E-state index is 0.103. The van der Waals surface area contributed by atoms with Crippen LogP contribution in [-0.4, -0.2) is 59.5 Å². The topological polar surface area (TPSA) is 105 Å². The fraction of sp³-hybridized carbons (Fsp3) is 0.333. The summed E-state index contributed by atoms with van der Waals surface area (Å²) in [5, 5.41) is 4.56. The first-order valence-corrected chi connectivity index (χ1v) is 11.8. The van der Waals surface area contributed by atoms with Gasteiger partial charge in [-0.2, -0.15) is 36.4 Å². The molecule has 208 valence electrons. The Kier molecular flexibility index (Phi) is 5.81. The monoisotopic (exact) mass is 564 g/mol. The van der Waals surface area contributed by atoms with E-state index in [4.69, 9.17) is 9.47 Å². The summed E-state index contributed by atoms with van der Waals surface area (Å²) in [6.45, 7) is -1.83.